The lowest BCUT2D eigenvalue weighted by Crippen LogP contribution is -2.08. The van der Waals surface area contributed by atoms with E-state index in [9.17, 15) is 9.90 Å². The van der Waals surface area contributed by atoms with Gasteiger partial charge in [-0.25, -0.2) is 0 Å². The van der Waals surface area contributed by atoms with Crippen LogP contribution in [0.5, 0.6) is 5.75 Å². The van der Waals surface area contributed by atoms with Gasteiger partial charge in [0.2, 0.25) is 0 Å². The Morgan fingerprint density at radius 2 is 1.90 bits per heavy atom. The zero-order valence-electron chi connectivity index (χ0n) is 17.6. The van der Waals surface area contributed by atoms with Gasteiger partial charge in [0.25, 0.3) is 5.91 Å². The normalized spacial score (nSPS) is 14.5. The SMILES string of the molecule is COc1cc[nH]c1/C=C1\C(=O)Nc2cccc(C#C[C@H](O)c3ccc(N(C)C)cc3)c21. The number of hydrogen-bond donors (Lipinski definition) is 3. The molecule has 1 aliphatic rings. The third-order valence-corrected chi connectivity index (χ3v) is 5.14. The number of aliphatic hydroxyl groups is 1. The Hall–Kier alpha value is -3.95. The van der Waals surface area contributed by atoms with Crippen molar-refractivity contribution in [3.8, 4) is 17.6 Å². The van der Waals surface area contributed by atoms with E-state index in [0.29, 0.717) is 39.4 Å². The fraction of sp³-hybridized carbons (Fsp3) is 0.160. The number of anilines is 2. The van der Waals surface area contributed by atoms with Crippen LogP contribution in [0.3, 0.4) is 0 Å². The molecule has 0 bridgehead atoms. The molecule has 4 rings (SSSR count). The van der Waals surface area contributed by atoms with E-state index in [4.69, 9.17) is 4.74 Å². The number of fused-ring (bicyclic) bond motifs is 1. The third-order valence-electron chi connectivity index (χ3n) is 5.14. The Morgan fingerprint density at radius 1 is 1.13 bits per heavy atom. The standard InChI is InChI=1S/C25H23N3O3/c1-28(2)18-10-7-16(8-11-18)22(29)12-9-17-5-4-6-20-24(17)19(25(30)27-20)15-21-23(31-3)13-14-26-21/h4-8,10-11,13-15,22,26,29H,1-3H3,(H,27,30)/b19-15-/t22-/m0/s1. The van der Waals surface area contributed by atoms with Crippen molar-refractivity contribution in [2.24, 2.45) is 0 Å². The van der Waals surface area contributed by atoms with E-state index in [1.54, 1.807) is 25.4 Å². The average molecular weight is 413 g/mol. The quantitative estimate of drug-likeness (QED) is 0.451. The van der Waals surface area contributed by atoms with Gasteiger partial charge in [-0.1, -0.05) is 30.0 Å². The number of carbonyl (C=O) groups is 1. The minimum Gasteiger partial charge on any atom is -0.495 e. The highest BCUT2D eigenvalue weighted by molar-refractivity contribution is 6.35. The number of carbonyl (C=O) groups excluding carboxylic acids is 1. The van der Waals surface area contributed by atoms with Crippen LogP contribution in [0.25, 0.3) is 11.6 Å². The van der Waals surface area contributed by atoms with E-state index >= 15 is 0 Å². The van der Waals surface area contributed by atoms with Crippen LogP contribution in [0.15, 0.2) is 54.7 Å². The van der Waals surface area contributed by atoms with Crippen molar-refractivity contribution < 1.29 is 14.6 Å². The molecule has 0 fully saturated rings. The number of aromatic nitrogens is 1. The second kappa shape index (κ2) is 8.42. The molecule has 1 atom stereocenters. The fourth-order valence-corrected chi connectivity index (χ4v) is 3.48. The predicted molar refractivity (Wildman–Crippen MR) is 123 cm³/mol. The van der Waals surface area contributed by atoms with Crippen molar-refractivity contribution in [3.05, 3.63) is 77.1 Å². The van der Waals surface area contributed by atoms with Crippen molar-refractivity contribution in [1.29, 1.82) is 0 Å². The van der Waals surface area contributed by atoms with Crippen LogP contribution in [-0.4, -0.2) is 37.2 Å². The second-order valence-corrected chi connectivity index (χ2v) is 7.36. The van der Waals surface area contributed by atoms with Crippen LogP contribution in [0.4, 0.5) is 11.4 Å². The molecule has 0 aliphatic carbocycles. The lowest BCUT2D eigenvalue weighted by Gasteiger charge is -2.13. The van der Waals surface area contributed by atoms with Gasteiger partial charge < -0.3 is 25.0 Å². The van der Waals surface area contributed by atoms with Crippen LogP contribution in [-0.2, 0) is 4.79 Å². The molecule has 6 heteroatoms. The van der Waals surface area contributed by atoms with E-state index in [1.165, 1.54) is 0 Å². The van der Waals surface area contributed by atoms with E-state index in [2.05, 4.69) is 22.1 Å². The first-order valence-corrected chi connectivity index (χ1v) is 9.82. The molecule has 2 heterocycles. The first-order chi connectivity index (χ1) is 15.0. The zero-order valence-corrected chi connectivity index (χ0v) is 17.6. The number of rotatable bonds is 4. The van der Waals surface area contributed by atoms with Gasteiger partial charge in [-0.2, -0.15) is 0 Å². The zero-order chi connectivity index (χ0) is 22.0. The molecule has 3 N–H and O–H groups in total. The van der Waals surface area contributed by atoms with E-state index in [0.717, 1.165) is 5.69 Å². The summed E-state index contributed by atoms with van der Waals surface area (Å²) in [7, 11) is 5.51. The molecular formula is C25H23N3O3. The lowest BCUT2D eigenvalue weighted by atomic mass is 9.99. The number of ether oxygens (including phenoxy) is 1. The molecule has 2 aromatic carbocycles. The van der Waals surface area contributed by atoms with Gasteiger partial charge in [0.1, 0.15) is 11.9 Å². The maximum atomic E-state index is 12.6. The number of aromatic amines is 1. The summed E-state index contributed by atoms with van der Waals surface area (Å²) in [6.45, 7) is 0. The van der Waals surface area contributed by atoms with Crippen molar-refractivity contribution >= 4 is 28.9 Å². The van der Waals surface area contributed by atoms with E-state index < -0.39 is 6.10 Å². The van der Waals surface area contributed by atoms with Crippen molar-refractivity contribution in [1.82, 2.24) is 4.98 Å². The van der Waals surface area contributed by atoms with Crippen molar-refractivity contribution in [2.75, 3.05) is 31.4 Å². The van der Waals surface area contributed by atoms with E-state index in [1.807, 2.05) is 61.5 Å². The Bertz CT molecular complexity index is 1210. The van der Waals surface area contributed by atoms with E-state index in [-0.39, 0.29) is 5.91 Å². The molecule has 3 aromatic rings. The molecule has 1 aliphatic heterocycles. The average Bonchev–Trinajstić information content (AvgIpc) is 3.36. The number of amides is 1. The Labute approximate surface area is 181 Å². The lowest BCUT2D eigenvalue weighted by molar-refractivity contribution is -0.110. The van der Waals surface area contributed by atoms with Crippen LogP contribution in [0, 0.1) is 11.8 Å². The van der Waals surface area contributed by atoms with Gasteiger partial charge in [0, 0.05) is 37.1 Å². The summed E-state index contributed by atoms with van der Waals surface area (Å²) in [6.07, 6.45) is 2.57. The highest BCUT2D eigenvalue weighted by Crippen LogP contribution is 2.36. The molecule has 1 aromatic heterocycles. The summed E-state index contributed by atoms with van der Waals surface area (Å²) in [5, 5.41) is 13.4. The molecule has 156 valence electrons. The number of hydrogen-bond acceptors (Lipinski definition) is 4. The Balaban J connectivity index is 1.68. The third kappa shape index (κ3) is 4.04. The molecule has 0 unspecified atom stereocenters. The minimum atomic E-state index is -0.937. The van der Waals surface area contributed by atoms with Gasteiger partial charge in [-0.15, -0.1) is 0 Å². The molecule has 0 saturated heterocycles. The number of nitrogens with one attached hydrogen (secondary N) is 2. The number of aliphatic hydroxyl groups excluding tert-OH is 1. The maximum absolute atomic E-state index is 12.6. The highest BCUT2D eigenvalue weighted by Gasteiger charge is 2.27. The van der Waals surface area contributed by atoms with Crippen LogP contribution >= 0.6 is 0 Å². The first-order valence-electron chi connectivity index (χ1n) is 9.82. The van der Waals surface area contributed by atoms with Crippen LogP contribution in [0.2, 0.25) is 0 Å². The second-order valence-electron chi connectivity index (χ2n) is 7.36. The topological polar surface area (TPSA) is 77.6 Å². The molecule has 0 saturated carbocycles. The maximum Gasteiger partial charge on any atom is 0.256 e. The summed E-state index contributed by atoms with van der Waals surface area (Å²) < 4.78 is 5.33. The Morgan fingerprint density at radius 3 is 2.61 bits per heavy atom. The van der Waals surface area contributed by atoms with Gasteiger partial charge in [-0.05, 0) is 42.0 Å². The summed E-state index contributed by atoms with van der Waals surface area (Å²) >= 11 is 0. The number of nitrogens with zero attached hydrogens (tertiary/aromatic N) is 1. The minimum absolute atomic E-state index is 0.208. The van der Waals surface area contributed by atoms with Crippen LogP contribution < -0.4 is 15.0 Å². The summed E-state index contributed by atoms with van der Waals surface area (Å²) in [6, 6.07) is 14.9. The molecule has 31 heavy (non-hydrogen) atoms. The molecule has 1 amide bonds. The highest BCUT2D eigenvalue weighted by atomic mass is 16.5. The smallest absolute Gasteiger partial charge is 0.256 e. The molecule has 0 radical (unpaired) electrons. The summed E-state index contributed by atoms with van der Waals surface area (Å²) in [4.78, 5) is 17.7. The summed E-state index contributed by atoms with van der Waals surface area (Å²) in [5.41, 5.74) is 5.02. The summed E-state index contributed by atoms with van der Waals surface area (Å²) in [5.74, 6) is 6.40. The van der Waals surface area contributed by atoms with Crippen molar-refractivity contribution in [3.63, 3.8) is 0 Å². The van der Waals surface area contributed by atoms with Gasteiger partial charge >= 0.3 is 0 Å². The van der Waals surface area contributed by atoms with Crippen LogP contribution in [0.1, 0.15) is 28.5 Å². The number of benzene rings is 2. The van der Waals surface area contributed by atoms with Gasteiger partial charge in [-0.3, -0.25) is 4.79 Å². The molecular weight excluding hydrogens is 390 g/mol. The number of H-pyrrole nitrogens is 1. The monoisotopic (exact) mass is 413 g/mol. The first kappa shape index (κ1) is 20.3. The van der Waals surface area contributed by atoms with Gasteiger partial charge in [0.05, 0.1) is 24.1 Å². The Kier molecular flexibility index (Phi) is 5.52. The predicted octanol–water partition coefficient (Wildman–Crippen LogP) is 3.67. The fourth-order valence-electron chi connectivity index (χ4n) is 3.48. The molecule has 6 nitrogen and oxygen atoms in total. The van der Waals surface area contributed by atoms with Gasteiger partial charge in [0.15, 0.2) is 0 Å². The number of methoxy groups -OCH3 is 1. The molecule has 0 spiro atoms. The van der Waals surface area contributed by atoms with Crippen molar-refractivity contribution in [2.45, 2.75) is 6.10 Å². The largest absolute Gasteiger partial charge is 0.495 e.